The van der Waals surface area contributed by atoms with E-state index in [2.05, 4.69) is 22.4 Å². The highest BCUT2D eigenvalue weighted by Crippen LogP contribution is 2.11. The van der Waals surface area contributed by atoms with Crippen LogP contribution < -0.4 is 10.1 Å². The predicted molar refractivity (Wildman–Crippen MR) is 86.0 cm³/mol. The van der Waals surface area contributed by atoms with Gasteiger partial charge in [0.05, 0.1) is 13.1 Å². The zero-order chi connectivity index (χ0) is 15.8. The van der Waals surface area contributed by atoms with Crippen molar-refractivity contribution < 1.29 is 9.26 Å². The van der Waals surface area contributed by atoms with E-state index >= 15 is 0 Å². The second-order valence-electron chi connectivity index (χ2n) is 4.97. The molecule has 0 saturated carbocycles. The molecule has 1 N–H and O–H groups in total. The second-order valence-corrected chi connectivity index (χ2v) is 4.97. The molecule has 0 radical (unpaired) electrons. The first-order valence-corrected chi connectivity index (χ1v) is 7.19. The number of likely N-dealkylation sites (N-methyl/N-ethyl adjacent to an activating group) is 1. The molecule has 1 aromatic carbocycles. The number of hydrogen-bond donors (Lipinski definition) is 1. The second kappa shape index (κ2) is 8.07. The van der Waals surface area contributed by atoms with Gasteiger partial charge < -0.3 is 19.5 Å². The lowest BCUT2D eigenvalue weighted by Gasteiger charge is -2.21. The molecule has 118 valence electrons. The summed E-state index contributed by atoms with van der Waals surface area (Å²) < 4.78 is 10.5. The Labute approximate surface area is 130 Å². The molecule has 6 nitrogen and oxygen atoms in total. The van der Waals surface area contributed by atoms with E-state index in [9.17, 15) is 0 Å². The Balaban J connectivity index is 1.74. The molecule has 22 heavy (non-hydrogen) atoms. The fraction of sp³-hybridized carbons (Fsp3) is 0.375. The summed E-state index contributed by atoms with van der Waals surface area (Å²) >= 11 is 0. The minimum Gasteiger partial charge on any atom is -0.492 e. The number of nitrogens with one attached hydrogen (secondary N) is 1. The van der Waals surface area contributed by atoms with Crippen LogP contribution in [0, 0.1) is 6.92 Å². The van der Waals surface area contributed by atoms with Crippen molar-refractivity contribution in [2.45, 2.75) is 13.5 Å². The van der Waals surface area contributed by atoms with Gasteiger partial charge in [0.2, 0.25) is 0 Å². The highest BCUT2D eigenvalue weighted by molar-refractivity contribution is 5.79. The van der Waals surface area contributed by atoms with Gasteiger partial charge in [0.15, 0.2) is 5.96 Å². The van der Waals surface area contributed by atoms with Gasteiger partial charge in [-0.15, -0.1) is 0 Å². The minimum atomic E-state index is 0.576. The smallest absolute Gasteiger partial charge is 0.193 e. The van der Waals surface area contributed by atoms with Crippen molar-refractivity contribution in [3.05, 3.63) is 47.9 Å². The molecule has 2 aromatic rings. The Bertz CT molecular complexity index is 579. The average Bonchev–Trinajstić information content (AvgIpc) is 3.03. The molecule has 0 aliphatic rings. The zero-order valence-electron chi connectivity index (χ0n) is 13.2. The van der Waals surface area contributed by atoms with Crippen LogP contribution in [0.1, 0.15) is 11.3 Å². The van der Waals surface area contributed by atoms with Crippen molar-refractivity contribution >= 4 is 5.96 Å². The molecular formula is C16H22N4O2. The summed E-state index contributed by atoms with van der Waals surface area (Å²) in [5, 5.41) is 7.08. The van der Waals surface area contributed by atoms with Crippen molar-refractivity contribution in [2.75, 3.05) is 27.2 Å². The van der Waals surface area contributed by atoms with Gasteiger partial charge in [0.1, 0.15) is 24.3 Å². The van der Waals surface area contributed by atoms with E-state index in [0.29, 0.717) is 13.2 Å². The van der Waals surface area contributed by atoms with E-state index in [1.54, 1.807) is 13.3 Å². The van der Waals surface area contributed by atoms with Crippen LogP contribution in [0.5, 0.6) is 5.75 Å². The molecule has 1 aromatic heterocycles. The van der Waals surface area contributed by atoms with Gasteiger partial charge in [-0.3, -0.25) is 4.99 Å². The number of aliphatic imine (C=N–C) groups is 1. The number of ether oxygens (including phenoxy) is 1. The number of nitrogens with zero attached hydrogens (tertiary/aromatic N) is 3. The van der Waals surface area contributed by atoms with E-state index in [0.717, 1.165) is 23.9 Å². The molecule has 0 spiro atoms. The minimum absolute atomic E-state index is 0.576. The van der Waals surface area contributed by atoms with Crippen molar-refractivity contribution in [2.24, 2.45) is 4.99 Å². The Morgan fingerprint density at radius 2 is 2.09 bits per heavy atom. The van der Waals surface area contributed by atoms with Crippen LogP contribution >= 0.6 is 0 Å². The number of aromatic nitrogens is 1. The Morgan fingerprint density at radius 3 is 2.73 bits per heavy atom. The van der Waals surface area contributed by atoms with Crippen molar-refractivity contribution in [3.8, 4) is 5.75 Å². The fourth-order valence-electron chi connectivity index (χ4n) is 1.92. The zero-order valence-corrected chi connectivity index (χ0v) is 13.2. The largest absolute Gasteiger partial charge is 0.492 e. The highest BCUT2D eigenvalue weighted by Gasteiger charge is 2.06. The van der Waals surface area contributed by atoms with Crippen molar-refractivity contribution in [1.82, 2.24) is 15.4 Å². The van der Waals surface area contributed by atoms with Crippen LogP contribution in [0.4, 0.5) is 0 Å². The van der Waals surface area contributed by atoms with E-state index in [1.165, 1.54) is 5.56 Å². The maximum absolute atomic E-state index is 5.72. The number of benzene rings is 1. The van der Waals surface area contributed by atoms with E-state index in [1.807, 2.05) is 42.3 Å². The third-order valence-electron chi connectivity index (χ3n) is 3.21. The topological polar surface area (TPSA) is 62.9 Å². The molecule has 0 fully saturated rings. The average molecular weight is 302 g/mol. The Hall–Kier alpha value is -2.50. The summed E-state index contributed by atoms with van der Waals surface area (Å²) in [7, 11) is 3.72. The Morgan fingerprint density at radius 1 is 1.32 bits per heavy atom. The predicted octanol–water partition coefficient (Wildman–Crippen LogP) is 2.07. The maximum atomic E-state index is 5.72. The summed E-state index contributed by atoms with van der Waals surface area (Å²) in [6, 6.07) is 9.86. The molecule has 0 aliphatic carbocycles. The van der Waals surface area contributed by atoms with Gasteiger partial charge in [0, 0.05) is 20.2 Å². The molecule has 0 amide bonds. The Kier molecular flexibility index (Phi) is 5.82. The number of hydrogen-bond acceptors (Lipinski definition) is 4. The molecule has 1 heterocycles. The number of rotatable bonds is 6. The van der Waals surface area contributed by atoms with Crippen LogP contribution in [0.15, 0.2) is 46.1 Å². The van der Waals surface area contributed by atoms with Gasteiger partial charge >= 0.3 is 0 Å². The lowest BCUT2D eigenvalue weighted by molar-refractivity contribution is 0.281. The molecular weight excluding hydrogens is 280 g/mol. The molecule has 0 bridgehead atoms. The van der Waals surface area contributed by atoms with Gasteiger partial charge in [-0.1, -0.05) is 22.9 Å². The summed E-state index contributed by atoms with van der Waals surface area (Å²) in [6.07, 6.45) is 1.55. The van der Waals surface area contributed by atoms with E-state index < -0.39 is 0 Å². The standard InChI is InChI=1S/C16H22N4O2/c1-13-4-6-15(7-5-13)21-11-9-20(3)16(17-2)18-12-14-8-10-22-19-14/h4-8,10H,9,11-12H2,1-3H3,(H,17,18). The van der Waals surface area contributed by atoms with Crippen LogP contribution in [0.25, 0.3) is 0 Å². The molecule has 0 saturated heterocycles. The third-order valence-corrected chi connectivity index (χ3v) is 3.21. The number of guanidine groups is 1. The highest BCUT2D eigenvalue weighted by atomic mass is 16.5. The van der Waals surface area contributed by atoms with E-state index in [4.69, 9.17) is 9.26 Å². The molecule has 6 heteroatoms. The lowest BCUT2D eigenvalue weighted by atomic mass is 10.2. The van der Waals surface area contributed by atoms with E-state index in [-0.39, 0.29) is 0 Å². The first-order chi connectivity index (χ1) is 10.7. The van der Waals surface area contributed by atoms with Crippen LogP contribution in [-0.2, 0) is 6.54 Å². The van der Waals surface area contributed by atoms with Gasteiger partial charge in [-0.05, 0) is 19.1 Å². The van der Waals surface area contributed by atoms with Crippen LogP contribution in [-0.4, -0.2) is 43.3 Å². The summed E-state index contributed by atoms with van der Waals surface area (Å²) in [5.41, 5.74) is 2.06. The summed E-state index contributed by atoms with van der Waals surface area (Å²) in [4.78, 5) is 6.25. The SMILES string of the molecule is CN=C(NCc1ccon1)N(C)CCOc1ccc(C)cc1. The molecule has 0 unspecified atom stereocenters. The van der Waals surface area contributed by atoms with Gasteiger partial charge in [-0.25, -0.2) is 0 Å². The quantitative estimate of drug-likeness (QED) is 0.654. The summed E-state index contributed by atoms with van der Waals surface area (Å²) in [5.74, 6) is 1.67. The van der Waals surface area contributed by atoms with Gasteiger partial charge in [0.25, 0.3) is 0 Å². The monoisotopic (exact) mass is 302 g/mol. The molecule has 2 rings (SSSR count). The number of aryl methyl sites for hydroxylation is 1. The lowest BCUT2D eigenvalue weighted by Crippen LogP contribution is -2.40. The first kappa shape index (κ1) is 15.9. The van der Waals surface area contributed by atoms with Crippen molar-refractivity contribution in [3.63, 3.8) is 0 Å². The fourth-order valence-corrected chi connectivity index (χ4v) is 1.92. The molecule has 0 atom stereocenters. The van der Waals surface area contributed by atoms with Gasteiger partial charge in [-0.2, -0.15) is 0 Å². The van der Waals surface area contributed by atoms with Crippen LogP contribution in [0.2, 0.25) is 0 Å². The van der Waals surface area contributed by atoms with Crippen LogP contribution in [0.3, 0.4) is 0 Å². The normalized spacial score (nSPS) is 11.3. The summed E-state index contributed by atoms with van der Waals surface area (Å²) in [6.45, 7) is 3.95. The third kappa shape index (κ3) is 4.80. The molecule has 0 aliphatic heterocycles. The first-order valence-electron chi connectivity index (χ1n) is 7.19. The van der Waals surface area contributed by atoms with Crippen molar-refractivity contribution in [1.29, 1.82) is 0 Å². The maximum Gasteiger partial charge on any atom is 0.193 e.